The molecule has 1 fully saturated rings. The summed E-state index contributed by atoms with van der Waals surface area (Å²) in [5, 5.41) is 3.28. The summed E-state index contributed by atoms with van der Waals surface area (Å²) in [6.45, 7) is 6.55. The molecule has 1 aliphatic rings. The highest BCUT2D eigenvalue weighted by atomic mass is 16.1. The molecule has 1 atom stereocenters. The van der Waals surface area contributed by atoms with Gasteiger partial charge in [0.15, 0.2) is 5.78 Å². The van der Waals surface area contributed by atoms with E-state index in [0.29, 0.717) is 6.42 Å². The van der Waals surface area contributed by atoms with Crippen LogP contribution in [0.4, 0.5) is 0 Å². The van der Waals surface area contributed by atoms with Crippen LogP contribution in [0.3, 0.4) is 0 Å². The van der Waals surface area contributed by atoms with Crippen LogP contribution in [0.2, 0.25) is 0 Å². The minimum Gasteiger partial charge on any atom is -0.305 e. The van der Waals surface area contributed by atoms with Crippen LogP contribution in [0.1, 0.15) is 32.6 Å². The van der Waals surface area contributed by atoms with Crippen LogP contribution in [0, 0.1) is 0 Å². The molecule has 0 saturated carbocycles. The fourth-order valence-corrected chi connectivity index (χ4v) is 1.65. The van der Waals surface area contributed by atoms with Gasteiger partial charge in [-0.05, 0) is 32.7 Å². The van der Waals surface area contributed by atoms with E-state index < -0.39 is 0 Å². The number of carbonyl (C=O) groups excluding carboxylic acids is 1. The summed E-state index contributed by atoms with van der Waals surface area (Å²) in [4.78, 5) is 11.6. The molecule has 1 heterocycles. The summed E-state index contributed by atoms with van der Waals surface area (Å²) < 4.78 is 0. The monoisotopic (exact) mass is 167 g/mol. The Bertz CT molecular complexity index is 180. The Morgan fingerprint density at radius 1 is 1.67 bits per heavy atom. The number of Topliss-reactive ketones (excluding diaryl/α,β-unsaturated/α-hetero) is 1. The van der Waals surface area contributed by atoms with E-state index in [-0.39, 0.29) is 11.3 Å². The largest absolute Gasteiger partial charge is 0.305 e. The van der Waals surface area contributed by atoms with Gasteiger partial charge in [0.25, 0.3) is 0 Å². The van der Waals surface area contributed by atoms with Gasteiger partial charge in [0.05, 0.1) is 5.54 Å². The summed E-state index contributed by atoms with van der Waals surface area (Å²) in [6, 6.07) is 0. The fourth-order valence-electron chi connectivity index (χ4n) is 1.65. The average molecular weight is 167 g/mol. The smallest absolute Gasteiger partial charge is 0.156 e. The summed E-state index contributed by atoms with van der Waals surface area (Å²) in [7, 11) is 0. The van der Waals surface area contributed by atoms with Crippen molar-refractivity contribution >= 4 is 5.78 Å². The lowest BCUT2D eigenvalue weighted by Crippen LogP contribution is -2.52. The summed E-state index contributed by atoms with van der Waals surface area (Å²) in [5.41, 5.74) is -0.271. The topological polar surface area (TPSA) is 29.1 Å². The second-order valence-electron chi connectivity index (χ2n) is 3.63. The van der Waals surface area contributed by atoms with Gasteiger partial charge in [-0.15, -0.1) is 6.58 Å². The van der Waals surface area contributed by atoms with Crippen molar-refractivity contribution in [3.8, 4) is 0 Å². The van der Waals surface area contributed by atoms with Gasteiger partial charge in [-0.2, -0.15) is 0 Å². The second-order valence-corrected chi connectivity index (χ2v) is 3.63. The first-order chi connectivity index (χ1) is 5.69. The van der Waals surface area contributed by atoms with E-state index in [1.54, 1.807) is 6.08 Å². The molecule has 1 N–H and O–H groups in total. The summed E-state index contributed by atoms with van der Waals surface area (Å²) in [6.07, 6.45) is 5.50. The van der Waals surface area contributed by atoms with Crippen LogP contribution in [-0.2, 0) is 4.79 Å². The fraction of sp³-hybridized carbons (Fsp3) is 0.700. The SMILES string of the molecule is C=CCC(=O)C1(C)CCCCN1. The minimum atomic E-state index is -0.271. The van der Waals surface area contributed by atoms with E-state index in [1.807, 2.05) is 6.92 Å². The predicted molar refractivity (Wildman–Crippen MR) is 50.1 cm³/mol. The third-order valence-electron chi connectivity index (χ3n) is 2.56. The first-order valence-electron chi connectivity index (χ1n) is 4.58. The highest BCUT2D eigenvalue weighted by Crippen LogP contribution is 2.20. The third kappa shape index (κ3) is 1.95. The molecule has 1 aliphatic heterocycles. The summed E-state index contributed by atoms with van der Waals surface area (Å²) >= 11 is 0. The number of hydrogen-bond donors (Lipinski definition) is 1. The van der Waals surface area contributed by atoms with Crippen LogP contribution in [-0.4, -0.2) is 17.9 Å². The first kappa shape index (κ1) is 9.46. The van der Waals surface area contributed by atoms with Gasteiger partial charge in [0, 0.05) is 6.42 Å². The van der Waals surface area contributed by atoms with Crippen LogP contribution in [0.5, 0.6) is 0 Å². The zero-order chi connectivity index (χ0) is 9.03. The number of nitrogens with one attached hydrogen (secondary N) is 1. The molecule has 0 aromatic carbocycles. The molecule has 12 heavy (non-hydrogen) atoms. The van der Waals surface area contributed by atoms with E-state index in [0.717, 1.165) is 19.4 Å². The number of allylic oxidation sites excluding steroid dienone is 1. The first-order valence-corrected chi connectivity index (χ1v) is 4.58. The van der Waals surface area contributed by atoms with Crippen LogP contribution in [0.25, 0.3) is 0 Å². The van der Waals surface area contributed by atoms with Crippen molar-refractivity contribution in [2.75, 3.05) is 6.54 Å². The molecule has 0 aromatic rings. The molecule has 0 bridgehead atoms. The molecule has 0 aliphatic carbocycles. The van der Waals surface area contributed by atoms with Gasteiger partial charge in [0.2, 0.25) is 0 Å². The lowest BCUT2D eigenvalue weighted by Gasteiger charge is -2.33. The number of ketones is 1. The predicted octanol–water partition coefficient (Wildman–Crippen LogP) is 1.66. The Balaban J connectivity index is 2.55. The maximum atomic E-state index is 11.6. The van der Waals surface area contributed by atoms with Crippen molar-refractivity contribution < 1.29 is 4.79 Å². The molecule has 1 unspecified atom stereocenters. The molecule has 0 radical (unpaired) electrons. The second kappa shape index (κ2) is 3.85. The van der Waals surface area contributed by atoms with E-state index in [1.165, 1.54) is 6.42 Å². The number of rotatable bonds is 3. The van der Waals surface area contributed by atoms with E-state index in [4.69, 9.17) is 0 Å². The third-order valence-corrected chi connectivity index (χ3v) is 2.56. The van der Waals surface area contributed by atoms with Gasteiger partial charge < -0.3 is 5.32 Å². The van der Waals surface area contributed by atoms with Crippen molar-refractivity contribution in [3.63, 3.8) is 0 Å². The average Bonchev–Trinajstić information content (AvgIpc) is 2.06. The van der Waals surface area contributed by atoms with Crippen molar-refractivity contribution in [3.05, 3.63) is 12.7 Å². The lowest BCUT2D eigenvalue weighted by molar-refractivity contribution is -0.124. The Hall–Kier alpha value is -0.630. The van der Waals surface area contributed by atoms with Crippen molar-refractivity contribution in [2.45, 2.75) is 38.1 Å². The maximum absolute atomic E-state index is 11.6. The van der Waals surface area contributed by atoms with E-state index in [9.17, 15) is 4.79 Å². The van der Waals surface area contributed by atoms with Gasteiger partial charge in [-0.3, -0.25) is 4.79 Å². The standard InChI is InChI=1S/C10H17NO/c1-3-6-9(12)10(2)7-4-5-8-11-10/h3,11H,1,4-8H2,2H3. The molecule has 2 nitrogen and oxygen atoms in total. The molecule has 0 aromatic heterocycles. The number of piperidine rings is 1. The zero-order valence-corrected chi connectivity index (χ0v) is 7.73. The molecule has 1 rings (SSSR count). The van der Waals surface area contributed by atoms with Gasteiger partial charge >= 0.3 is 0 Å². The van der Waals surface area contributed by atoms with E-state index >= 15 is 0 Å². The highest BCUT2D eigenvalue weighted by molar-refractivity contribution is 5.89. The van der Waals surface area contributed by atoms with Crippen molar-refractivity contribution in [2.24, 2.45) is 0 Å². The molecule has 2 heteroatoms. The van der Waals surface area contributed by atoms with Crippen LogP contribution >= 0.6 is 0 Å². The van der Waals surface area contributed by atoms with E-state index in [2.05, 4.69) is 11.9 Å². The van der Waals surface area contributed by atoms with Crippen LogP contribution in [0.15, 0.2) is 12.7 Å². The van der Waals surface area contributed by atoms with Crippen molar-refractivity contribution in [1.29, 1.82) is 0 Å². The summed E-state index contributed by atoms with van der Waals surface area (Å²) in [5.74, 6) is 0.275. The molecular weight excluding hydrogens is 150 g/mol. The maximum Gasteiger partial charge on any atom is 0.156 e. The Kier molecular flexibility index (Phi) is 3.04. The minimum absolute atomic E-state index is 0.271. The number of carbonyl (C=O) groups is 1. The Morgan fingerprint density at radius 3 is 2.92 bits per heavy atom. The zero-order valence-electron chi connectivity index (χ0n) is 7.73. The molecular formula is C10H17NO. The normalized spacial score (nSPS) is 29.8. The Morgan fingerprint density at radius 2 is 2.42 bits per heavy atom. The van der Waals surface area contributed by atoms with Gasteiger partial charge in [0.1, 0.15) is 0 Å². The quantitative estimate of drug-likeness (QED) is 0.648. The van der Waals surface area contributed by atoms with Gasteiger partial charge in [-0.25, -0.2) is 0 Å². The molecule has 0 amide bonds. The molecule has 68 valence electrons. The Labute approximate surface area is 74.0 Å². The lowest BCUT2D eigenvalue weighted by atomic mass is 9.85. The number of hydrogen-bond acceptors (Lipinski definition) is 2. The molecule has 1 saturated heterocycles. The highest BCUT2D eigenvalue weighted by Gasteiger charge is 2.32. The van der Waals surface area contributed by atoms with Crippen LogP contribution < -0.4 is 5.32 Å². The van der Waals surface area contributed by atoms with Gasteiger partial charge in [-0.1, -0.05) is 6.08 Å². The van der Waals surface area contributed by atoms with Crippen molar-refractivity contribution in [1.82, 2.24) is 5.32 Å². The molecule has 0 spiro atoms.